The van der Waals surface area contributed by atoms with Gasteiger partial charge in [0, 0.05) is 0 Å². The number of halogens is 1. The maximum absolute atomic E-state index is 5.96. The molecule has 1 rings (SSSR count). The molecule has 1 N–H and O–H groups in total. The number of rotatable bonds is 3. The molecule has 0 radical (unpaired) electrons. The zero-order valence-electron chi connectivity index (χ0n) is 6.27. The first kappa shape index (κ1) is 8.31. The van der Waals surface area contributed by atoms with E-state index in [4.69, 9.17) is 16.3 Å². The Labute approximate surface area is 66.9 Å². The summed E-state index contributed by atoms with van der Waals surface area (Å²) in [6.07, 6.45) is 3.73. The summed E-state index contributed by atoms with van der Waals surface area (Å²) in [6.45, 7) is 0.619. The standard InChI is InChI=1S/C7H14ClNO/c1-9-5-10-7-4-2-3-6(7)8/h6-7,9H,2-5H2,1H3. The molecule has 3 heteroatoms. The molecule has 60 valence electrons. The Balaban J connectivity index is 2.14. The topological polar surface area (TPSA) is 21.3 Å². The van der Waals surface area contributed by atoms with Gasteiger partial charge in [-0.2, -0.15) is 0 Å². The van der Waals surface area contributed by atoms with Crippen molar-refractivity contribution in [3.63, 3.8) is 0 Å². The summed E-state index contributed by atoms with van der Waals surface area (Å²) in [7, 11) is 1.87. The van der Waals surface area contributed by atoms with Gasteiger partial charge in [-0.25, -0.2) is 0 Å². The van der Waals surface area contributed by atoms with Crippen LogP contribution in [0.25, 0.3) is 0 Å². The van der Waals surface area contributed by atoms with Crippen molar-refractivity contribution in [2.45, 2.75) is 30.7 Å². The number of hydrogen-bond donors (Lipinski definition) is 1. The highest BCUT2D eigenvalue weighted by Gasteiger charge is 2.25. The van der Waals surface area contributed by atoms with Crippen LogP contribution in [-0.4, -0.2) is 25.3 Å². The van der Waals surface area contributed by atoms with Gasteiger partial charge in [-0.3, -0.25) is 5.32 Å². The van der Waals surface area contributed by atoms with Crippen LogP contribution in [0.4, 0.5) is 0 Å². The van der Waals surface area contributed by atoms with Crippen molar-refractivity contribution in [1.29, 1.82) is 0 Å². The van der Waals surface area contributed by atoms with Crippen LogP contribution in [0.15, 0.2) is 0 Å². The minimum Gasteiger partial charge on any atom is -0.362 e. The van der Waals surface area contributed by atoms with Crippen molar-refractivity contribution in [2.75, 3.05) is 13.8 Å². The van der Waals surface area contributed by atoms with E-state index in [1.807, 2.05) is 7.05 Å². The Morgan fingerprint density at radius 3 is 2.90 bits per heavy atom. The average molecular weight is 164 g/mol. The summed E-state index contributed by atoms with van der Waals surface area (Å²) in [5.41, 5.74) is 0. The van der Waals surface area contributed by atoms with Crippen molar-refractivity contribution in [3.05, 3.63) is 0 Å². The van der Waals surface area contributed by atoms with Crippen LogP contribution in [0, 0.1) is 0 Å². The molecule has 2 unspecified atom stereocenters. The average Bonchev–Trinajstić information content (AvgIpc) is 2.31. The molecule has 1 fully saturated rings. The predicted molar refractivity (Wildman–Crippen MR) is 42.3 cm³/mol. The van der Waals surface area contributed by atoms with Crippen molar-refractivity contribution in [1.82, 2.24) is 5.32 Å². The summed E-state index contributed by atoms with van der Waals surface area (Å²) in [6, 6.07) is 0. The molecule has 1 aliphatic carbocycles. The minimum atomic E-state index is 0.244. The van der Waals surface area contributed by atoms with Crippen molar-refractivity contribution in [3.8, 4) is 0 Å². The maximum atomic E-state index is 5.96. The Morgan fingerprint density at radius 1 is 1.60 bits per heavy atom. The normalized spacial score (nSPS) is 33.0. The van der Waals surface area contributed by atoms with E-state index in [-0.39, 0.29) is 11.5 Å². The zero-order chi connectivity index (χ0) is 7.40. The van der Waals surface area contributed by atoms with Crippen LogP contribution >= 0.6 is 11.6 Å². The van der Waals surface area contributed by atoms with Gasteiger partial charge in [0.05, 0.1) is 18.2 Å². The summed E-state index contributed by atoms with van der Waals surface area (Å²) < 4.78 is 5.42. The van der Waals surface area contributed by atoms with E-state index >= 15 is 0 Å². The monoisotopic (exact) mass is 163 g/mol. The van der Waals surface area contributed by atoms with Gasteiger partial charge in [0.15, 0.2) is 0 Å². The van der Waals surface area contributed by atoms with E-state index in [9.17, 15) is 0 Å². The number of ether oxygens (including phenoxy) is 1. The number of alkyl halides is 1. The molecule has 0 aromatic heterocycles. The van der Waals surface area contributed by atoms with Crippen LogP contribution in [0.1, 0.15) is 19.3 Å². The van der Waals surface area contributed by atoms with E-state index in [2.05, 4.69) is 5.32 Å². The molecule has 0 aliphatic heterocycles. The molecule has 0 bridgehead atoms. The quantitative estimate of drug-likeness (QED) is 0.501. The molecule has 0 heterocycles. The molecule has 2 nitrogen and oxygen atoms in total. The van der Waals surface area contributed by atoms with Crippen LogP contribution < -0.4 is 5.32 Å². The Kier molecular flexibility index (Phi) is 3.46. The van der Waals surface area contributed by atoms with Gasteiger partial charge in [-0.05, 0) is 26.3 Å². The van der Waals surface area contributed by atoms with Gasteiger partial charge in [-0.15, -0.1) is 11.6 Å². The van der Waals surface area contributed by atoms with Crippen molar-refractivity contribution >= 4 is 11.6 Å². The summed E-state index contributed by atoms with van der Waals surface area (Å²) in [4.78, 5) is 0. The van der Waals surface area contributed by atoms with E-state index in [1.165, 1.54) is 6.42 Å². The molecular formula is C7H14ClNO. The lowest BCUT2D eigenvalue weighted by molar-refractivity contribution is 0.0511. The molecule has 0 saturated heterocycles. The van der Waals surface area contributed by atoms with Crippen LogP contribution in [0.3, 0.4) is 0 Å². The molecule has 0 aromatic rings. The summed E-state index contributed by atoms with van der Waals surface area (Å²) in [5.74, 6) is 0. The first-order valence-electron chi connectivity index (χ1n) is 3.75. The third kappa shape index (κ3) is 2.11. The third-order valence-corrected chi connectivity index (χ3v) is 2.31. The lowest BCUT2D eigenvalue weighted by Gasteiger charge is -2.13. The number of nitrogens with one attached hydrogen (secondary N) is 1. The molecule has 1 saturated carbocycles. The summed E-state index contributed by atoms with van der Waals surface area (Å²) in [5, 5.41) is 3.18. The van der Waals surface area contributed by atoms with Crippen molar-refractivity contribution < 1.29 is 4.74 Å². The van der Waals surface area contributed by atoms with Crippen LogP contribution in [0.2, 0.25) is 0 Å². The Morgan fingerprint density at radius 2 is 2.40 bits per heavy atom. The molecular weight excluding hydrogens is 150 g/mol. The van der Waals surface area contributed by atoms with Gasteiger partial charge in [0.1, 0.15) is 0 Å². The highest BCUT2D eigenvalue weighted by molar-refractivity contribution is 6.21. The van der Waals surface area contributed by atoms with Gasteiger partial charge in [0.2, 0.25) is 0 Å². The second kappa shape index (κ2) is 4.16. The largest absolute Gasteiger partial charge is 0.362 e. The Bertz CT molecular complexity index is 99.6. The predicted octanol–water partition coefficient (Wildman–Crippen LogP) is 1.34. The van der Waals surface area contributed by atoms with Gasteiger partial charge >= 0.3 is 0 Å². The van der Waals surface area contributed by atoms with E-state index in [0.29, 0.717) is 6.73 Å². The molecule has 0 amide bonds. The molecule has 10 heavy (non-hydrogen) atoms. The lowest BCUT2D eigenvalue weighted by atomic mass is 10.3. The first-order chi connectivity index (χ1) is 4.84. The third-order valence-electron chi connectivity index (χ3n) is 1.81. The van der Waals surface area contributed by atoms with E-state index < -0.39 is 0 Å². The smallest absolute Gasteiger partial charge is 0.0967 e. The minimum absolute atomic E-state index is 0.244. The second-order valence-corrected chi connectivity index (χ2v) is 3.21. The van der Waals surface area contributed by atoms with E-state index in [0.717, 1.165) is 12.8 Å². The van der Waals surface area contributed by atoms with Gasteiger partial charge in [-0.1, -0.05) is 0 Å². The zero-order valence-corrected chi connectivity index (χ0v) is 7.03. The fraction of sp³-hybridized carbons (Fsp3) is 1.00. The number of hydrogen-bond acceptors (Lipinski definition) is 2. The van der Waals surface area contributed by atoms with Gasteiger partial charge in [0.25, 0.3) is 0 Å². The molecule has 2 atom stereocenters. The SMILES string of the molecule is CNCOC1CCCC1Cl. The van der Waals surface area contributed by atoms with Gasteiger partial charge < -0.3 is 4.74 Å². The Hall–Kier alpha value is 0.210. The van der Waals surface area contributed by atoms with E-state index in [1.54, 1.807) is 0 Å². The second-order valence-electron chi connectivity index (χ2n) is 2.65. The van der Waals surface area contributed by atoms with Crippen molar-refractivity contribution in [2.24, 2.45) is 0 Å². The molecule has 0 spiro atoms. The highest BCUT2D eigenvalue weighted by atomic mass is 35.5. The molecule has 0 aromatic carbocycles. The van der Waals surface area contributed by atoms with Crippen LogP contribution in [0.5, 0.6) is 0 Å². The lowest BCUT2D eigenvalue weighted by Crippen LogP contribution is -2.23. The first-order valence-corrected chi connectivity index (χ1v) is 4.18. The van der Waals surface area contributed by atoms with Crippen LogP contribution in [-0.2, 0) is 4.74 Å². The molecule has 1 aliphatic rings. The fourth-order valence-corrected chi connectivity index (χ4v) is 1.61. The maximum Gasteiger partial charge on any atom is 0.0967 e. The fourth-order valence-electron chi connectivity index (χ4n) is 1.26. The highest BCUT2D eigenvalue weighted by Crippen LogP contribution is 2.26. The summed E-state index contributed by atoms with van der Waals surface area (Å²) >= 11 is 5.96.